The van der Waals surface area contributed by atoms with Gasteiger partial charge in [-0.15, -0.1) is 0 Å². The number of anilines is 2. The molecule has 0 spiro atoms. The summed E-state index contributed by atoms with van der Waals surface area (Å²) in [5.74, 6) is -0.290. The van der Waals surface area contributed by atoms with Gasteiger partial charge in [-0.3, -0.25) is 19.0 Å². The number of nitrogens with one attached hydrogen (secondary N) is 1. The summed E-state index contributed by atoms with van der Waals surface area (Å²) in [6.07, 6.45) is 0. The highest BCUT2D eigenvalue weighted by molar-refractivity contribution is 7.07. The fraction of sp³-hybridized carbons (Fsp3) is 0.158. The Bertz CT molecular complexity index is 2250. The van der Waals surface area contributed by atoms with E-state index in [0.29, 0.717) is 54.9 Å². The molecule has 7 rings (SSSR count). The second-order valence-electron chi connectivity index (χ2n) is 12.0. The fourth-order valence-electron chi connectivity index (χ4n) is 6.19. The Kier molecular flexibility index (Phi) is 7.99. The molecule has 4 aromatic carbocycles. The molecular formula is C38H31ClN4O3S. The number of carbonyl (C=O) groups is 2. The number of hydrogen-bond donors (Lipinski definition) is 1. The van der Waals surface area contributed by atoms with Gasteiger partial charge < -0.3 is 10.2 Å². The van der Waals surface area contributed by atoms with E-state index in [0.717, 1.165) is 22.4 Å². The van der Waals surface area contributed by atoms with E-state index >= 15 is 0 Å². The summed E-state index contributed by atoms with van der Waals surface area (Å²) in [6.45, 7) is 6.35. The van der Waals surface area contributed by atoms with E-state index in [-0.39, 0.29) is 17.4 Å². The molecule has 1 atom stereocenters. The van der Waals surface area contributed by atoms with Gasteiger partial charge in [-0.25, -0.2) is 4.99 Å². The number of benzene rings is 4. The molecule has 2 aliphatic rings. The maximum Gasteiger partial charge on any atom is 0.271 e. The Morgan fingerprint density at radius 3 is 2.30 bits per heavy atom. The van der Waals surface area contributed by atoms with Gasteiger partial charge >= 0.3 is 0 Å². The topological polar surface area (TPSA) is 83.8 Å². The minimum atomic E-state index is -0.748. The second-order valence-corrected chi connectivity index (χ2v) is 13.4. The van der Waals surface area contributed by atoms with Gasteiger partial charge in [0.05, 0.1) is 35.1 Å². The zero-order chi connectivity index (χ0) is 32.8. The number of halogens is 1. The van der Waals surface area contributed by atoms with Crippen LogP contribution in [0.4, 0.5) is 11.4 Å². The molecule has 0 saturated heterocycles. The Labute approximate surface area is 280 Å². The van der Waals surface area contributed by atoms with E-state index in [4.69, 9.17) is 16.6 Å². The fourth-order valence-corrected chi connectivity index (χ4v) is 7.45. The van der Waals surface area contributed by atoms with Crippen LogP contribution in [0.3, 0.4) is 0 Å². The molecule has 0 fully saturated rings. The minimum absolute atomic E-state index is 0.262. The van der Waals surface area contributed by atoms with Crippen LogP contribution in [0.1, 0.15) is 55.0 Å². The van der Waals surface area contributed by atoms with Crippen molar-refractivity contribution in [1.82, 2.24) is 4.57 Å². The van der Waals surface area contributed by atoms with Crippen LogP contribution in [0.2, 0.25) is 5.02 Å². The molecule has 2 aliphatic heterocycles. The van der Waals surface area contributed by atoms with E-state index in [1.807, 2.05) is 91.0 Å². The van der Waals surface area contributed by atoms with E-state index < -0.39 is 6.04 Å². The van der Waals surface area contributed by atoms with Crippen molar-refractivity contribution in [3.8, 4) is 0 Å². The van der Waals surface area contributed by atoms with Crippen molar-refractivity contribution >= 4 is 51.7 Å². The first-order chi connectivity index (χ1) is 22.7. The summed E-state index contributed by atoms with van der Waals surface area (Å²) in [5, 5.41) is 3.61. The predicted molar refractivity (Wildman–Crippen MR) is 187 cm³/mol. The molecular weight excluding hydrogens is 628 g/mol. The van der Waals surface area contributed by atoms with E-state index in [1.165, 1.54) is 11.3 Å². The van der Waals surface area contributed by atoms with Gasteiger partial charge in [-0.05, 0) is 59.9 Å². The summed E-state index contributed by atoms with van der Waals surface area (Å²) < 4.78 is 1.86. The molecule has 1 aromatic heterocycles. The van der Waals surface area contributed by atoms with Gasteiger partial charge in [0.2, 0.25) is 0 Å². The molecule has 2 amide bonds. The van der Waals surface area contributed by atoms with Gasteiger partial charge in [-0.2, -0.15) is 0 Å². The van der Waals surface area contributed by atoms with Crippen LogP contribution in [0, 0.1) is 0 Å². The summed E-state index contributed by atoms with van der Waals surface area (Å²) in [7, 11) is 0. The number of rotatable bonds is 6. The largest absolute Gasteiger partial charge is 0.322 e. The lowest BCUT2D eigenvalue weighted by atomic mass is 9.93. The molecule has 7 nitrogen and oxygen atoms in total. The highest BCUT2D eigenvalue weighted by Gasteiger charge is 2.37. The number of allylic oxidation sites excluding steroid dienone is 1. The molecule has 9 heteroatoms. The molecule has 0 saturated carbocycles. The highest BCUT2D eigenvalue weighted by Crippen LogP contribution is 2.37. The number of thiazole rings is 1. The van der Waals surface area contributed by atoms with Gasteiger partial charge in [0.15, 0.2) is 4.80 Å². The monoisotopic (exact) mass is 658 g/mol. The predicted octanol–water partition coefficient (Wildman–Crippen LogP) is 6.57. The third-order valence-electron chi connectivity index (χ3n) is 8.60. The minimum Gasteiger partial charge on any atom is -0.322 e. The molecule has 1 N–H and O–H groups in total. The second kappa shape index (κ2) is 12.3. The van der Waals surface area contributed by atoms with E-state index in [2.05, 4.69) is 19.2 Å². The standard InChI is InChI=1S/C38H31ClN4O3S/c1-22(2)25-15-17-26(18-16-25)33-31(35(44)41-28-9-5-4-6-10-28)23(3)40-38-43(33)37(46)34(47-38)32-29-11-7-8-12-30(29)42(36(32)45)21-24-13-19-27(39)20-14-24/h4-20,22,33H,21H2,1-3H3,(H,41,44)/b34-32+/t33-/m0/s1. The van der Waals surface area contributed by atoms with Gasteiger partial charge in [0.25, 0.3) is 17.4 Å². The summed E-state index contributed by atoms with van der Waals surface area (Å²) in [5.41, 5.74) is 5.75. The number of hydrogen-bond acceptors (Lipinski definition) is 5. The highest BCUT2D eigenvalue weighted by atomic mass is 35.5. The van der Waals surface area contributed by atoms with Gasteiger partial charge in [0, 0.05) is 16.3 Å². The lowest BCUT2D eigenvalue weighted by molar-refractivity contribution is -0.114. The van der Waals surface area contributed by atoms with Crippen molar-refractivity contribution in [1.29, 1.82) is 0 Å². The van der Waals surface area contributed by atoms with E-state index in [1.54, 1.807) is 28.5 Å². The quantitative estimate of drug-likeness (QED) is 0.224. The molecule has 0 bridgehead atoms. The van der Waals surface area contributed by atoms with Crippen LogP contribution in [-0.4, -0.2) is 16.4 Å². The van der Waals surface area contributed by atoms with Crippen LogP contribution in [0.25, 0.3) is 5.57 Å². The average molecular weight is 659 g/mol. The van der Waals surface area contributed by atoms with Crippen LogP contribution in [-0.2, 0) is 16.1 Å². The average Bonchev–Trinajstić information content (AvgIpc) is 3.53. The van der Waals surface area contributed by atoms with Crippen molar-refractivity contribution in [3.63, 3.8) is 0 Å². The van der Waals surface area contributed by atoms with Crippen molar-refractivity contribution in [2.75, 3.05) is 10.2 Å². The third-order valence-corrected chi connectivity index (χ3v) is 9.90. The van der Waals surface area contributed by atoms with Crippen LogP contribution >= 0.6 is 22.9 Å². The molecule has 47 heavy (non-hydrogen) atoms. The lowest BCUT2D eigenvalue weighted by Crippen LogP contribution is -2.41. The van der Waals surface area contributed by atoms with Crippen molar-refractivity contribution < 1.29 is 9.59 Å². The molecule has 0 radical (unpaired) electrons. The zero-order valence-corrected chi connectivity index (χ0v) is 27.6. The normalized spacial score (nSPS) is 16.7. The molecule has 0 aliphatic carbocycles. The number of amides is 2. The first-order valence-electron chi connectivity index (χ1n) is 15.4. The van der Waals surface area contributed by atoms with Crippen LogP contribution in [0.5, 0.6) is 0 Å². The van der Waals surface area contributed by atoms with Crippen molar-refractivity contribution in [2.24, 2.45) is 4.99 Å². The lowest BCUT2D eigenvalue weighted by Gasteiger charge is -2.25. The smallest absolute Gasteiger partial charge is 0.271 e. The number of nitrogens with zero attached hydrogens (tertiary/aromatic N) is 3. The molecule has 3 heterocycles. The maximum absolute atomic E-state index is 14.6. The SMILES string of the molecule is CC1=C(C(=O)Nc2ccccc2)[C@H](c2ccc(C(C)C)cc2)n2c(s/c(=C3/C(=O)N(Cc4ccc(Cl)cc4)c4ccccc43)c2=O)=N1. The van der Waals surface area contributed by atoms with Crippen molar-refractivity contribution in [2.45, 2.75) is 39.3 Å². The Hall–Kier alpha value is -5.05. The molecule has 0 unspecified atom stereocenters. The molecule has 234 valence electrons. The Morgan fingerprint density at radius 1 is 0.915 bits per heavy atom. The number of aromatic nitrogens is 1. The van der Waals surface area contributed by atoms with Crippen molar-refractivity contribution in [3.05, 3.63) is 161 Å². The van der Waals surface area contributed by atoms with Gasteiger partial charge in [-0.1, -0.05) is 110 Å². The van der Waals surface area contributed by atoms with Gasteiger partial charge in [0.1, 0.15) is 4.53 Å². The number of fused-ring (bicyclic) bond motifs is 2. The third kappa shape index (κ3) is 5.53. The number of carbonyl (C=O) groups excluding carboxylic acids is 2. The summed E-state index contributed by atoms with van der Waals surface area (Å²) >= 11 is 7.29. The van der Waals surface area contributed by atoms with E-state index in [9.17, 15) is 14.4 Å². The Morgan fingerprint density at radius 2 is 1.60 bits per heavy atom. The van der Waals surface area contributed by atoms with Crippen LogP contribution < -0.4 is 25.1 Å². The first-order valence-corrected chi connectivity index (χ1v) is 16.6. The Balaban J connectivity index is 1.40. The summed E-state index contributed by atoms with van der Waals surface area (Å²) in [6, 6.07) is 31.3. The summed E-state index contributed by atoms with van der Waals surface area (Å²) in [4.78, 5) is 49.7. The maximum atomic E-state index is 14.6. The first kappa shape index (κ1) is 30.6. The zero-order valence-electron chi connectivity index (χ0n) is 26.0. The number of para-hydroxylation sites is 2. The van der Waals surface area contributed by atoms with Crippen LogP contribution in [0.15, 0.2) is 124 Å². The molecule has 5 aromatic rings.